The Balaban J connectivity index is 1.95. The van der Waals surface area contributed by atoms with Gasteiger partial charge in [-0.1, -0.05) is 26.0 Å². The van der Waals surface area contributed by atoms with Gasteiger partial charge in [-0.15, -0.1) is 0 Å². The molecule has 1 atom stereocenters. The van der Waals surface area contributed by atoms with E-state index in [1.54, 1.807) is 0 Å². The van der Waals surface area contributed by atoms with Crippen molar-refractivity contribution in [3.63, 3.8) is 0 Å². The van der Waals surface area contributed by atoms with Gasteiger partial charge in [0.15, 0.2) is 0 Å². The summed E-state index contributed by atoms with van der Waals surface area (Å²) in [6.45, 7) is 6.29. The van der Waals surface area contributed by atoms with Crippen LogP contribution in [0.3, 0.4) is 0 Å². The van der Waals surface area contributed by atoms with E-state index in [2.05, 4.69) is 19.2 Å². The maximum atomic E-state index is 13.6. The number of anilines is 1. The van der Waals surface area contributed by atoms with Gasteiger partial charge in [-0.05, 0) is 48.7 Å². The first-order valence-corrected chi connectivity index (χ1v) is 8.34. The van der Waals surface area contributed by atoms with E-state index >= 15 is 0 Å². The van der Waals surface area contributed by atoms with E-state index in [4.69, 9.17) is 4.74 Å². The monoisotopic (exact) mass is 345 g/mol. The molecule has 2 aromatic rings. The van der Waals surface area contributed by atoms with Crippen molar-refractivity contribution in [1.29, 1.82) is 0 Å². The highest BCUT2D eigenvalue weighted by atomic mass is 19.1. The molecule has 0 aliphatic heterocycles. The van der Waals surface area contributed by atoms with Crippen molar-refractivity contribution in [1.82, 2.24) is 0 Å². The van der Waals surface area contributed by atoms with Gasteiger partial charge in [0.1, 0.15) is 11.6 Å². The molecular weight excluding hydrogens is 321 g/mol. The summed E-state index contributed by atoms with van der Waals surface area (Å²) in [7, 11) is 0. The van der Waals surface area contributed by atoms with E-state index in [9.17, 15) is 14.3 Å². The number of carbonyl (C=O) groups excluding carboxylic acids is 1. The summed E-state index contributed by atoms with van der Waals surface area (Å²) in [5.41, 5.74) is 1.47. The second-order valence-electron chi connectivity index (χ2n) is 6.49. The summed E-state index contributed by atoms with van der Waals surface area (Å²) in [5.74, 6) is 0.523. The molecule has 1 unspecified atom stereocenters. The molecule has 5 heteroatoms. The highest BCUT2D eigenvalue weighted by Crippen LogP contribution is 2.21. The molecule has 0 heterocycles. The van der Waals surface area contributed by atoms with Gasteiger partial charge >= 0.3 is 0 Å². The molecule has 25 heavy (non-hydrogen) atoms. The van der Waals surface area contributed by atoms with Gasteiger partial charge in [0.05, 0.1) is 19.1 Å². The first kappa shape index (κ1) is 18.9. The summed E-state index contributed by atoms with van der Waals surface area (Å²) in [6.07, 6.45) is -0.735. The third-order valence-electron chi connectivity index (χ3n) is 3.60. The fourth-order valence-corrected chi connectivity index (χ4v) is 2.30. The molecule has 0 fully saturated rings. The lowest BCUT2D eigenvalue weighted by atomic mass is 10.1. The number of benzene rings is 2. The Bertz CT molecular complexity index is 711. The molecule has 4 nitrogen and oxygen atoms in total. The van der Waals surface area contributed by atoms with E-state index in [0.29, 0.717) is 18.2 Å². The van der Waals surface area contributed by atoms with Gasteiger partial charge in [0.2, 0.25) is 5.91 Å². The van der Waals surface area contributed by atoms with Gasteiger partial charge in [0.25, 0.3) is 0 Å². The molecule has 0 aliphatic carbocycles. The van der Waals surface area contributed by atoms with Crippen molar-refractivity contribution in [2.75, 3.05) is 11.9 Å². The molecule has 0 saturated heterocycles. The lowest BCUT2D eigenvalue weighted by molar-refractivity contribution is -0.115. The smallest absolute Gasteiger partial charge is 0.228 e. The van der Waals surface area contributed by atoms with Crippen LogP contribution in [-0.4, -0.2) is 17.6 Å². The fourth-order valence-electron chi connectivity index (χ4n) is 2.30. The fraction of sp³-hybridized carbons (Fsp3) is 0.350. The summed E-state index contributed by atoms with van der Waals surface area (Å²) >= 11 is 0. The Morgan fingerprint density at radius 2 is 1.84 bits per heavy atom. The zero-order valence-electron chi connectivity index (χ0n) is 14.8. The summed E-state index contributed by atoms with van der Waals surface area (Å²) in [5, 5.41) is 12.3. The first-order valence-electron chi connectivity index (χ1n) is 8.34. The maximum absolute atomic E-state index is 13.6. The van der Waals surface area contributed by atoms with Crippen molar-refractivity contribution < 1.29 is 19.0 Å². The molecular formula is C20H24FNO3. The predicted molar refractivity (Wildman–Crippen MR) is 96.1 cm³/mol. The van der Waals surface area contributed by atoms with E-state index in [0.717, 1.165) is 11.3 Å². The van der Waals surface area contributed by atoms with Gasteiger partial charge in [-0.3, -0.25) is 4.79 Å². The summed E-state index contributed by atoms with van der Waals surface area (Å²) in [4.78, 5) is 12.1. The number of ether oxygens (including phenoxy) is 1. The quantitative estimate of drug-likeness (QED) is 0.794. The number of halogens is 1. The molecule has 2 aromatic carbocycles. The van der Waals surface area contributed by atoms with Gasteiger partial charge in [0, 0.05) is 11.3 Å². The summed E-state index contributed by atoms with van der Waals surface area (Å²) in [6, 6.07) is 11.5. The predicted octanol–water partition coefficient (Wildman–Crippen LogP) is 4.10. The minimum Gasteiger partial charge on any atom is -0.493 e. The first-order chi connectivity index (χ1) is 11.8. The molecule has 0 spiro atoms. The SMILES string of the molecule is CC(C)COc1ccc(CC(=O)Nc2ccc(F)c(C(C)O)c2)cc1. The topological polar surface area (TPSA) is 58.6 Å². The van der Waals surface area contributed by atoms with Crippen LogP contribution in [0.4, 0.5) is 10.1 Å². The molecule has 2 N–H and O–H groups in total. The van der Waals surface area contributed by atoms with Crippen LogP contribution >= 0.6 is 0 Å². The second kappa shape index (κ2) is 8.62. The third kappa shape index (κ3) is 5.87. The normalized spacial score (nSPS) is 12.1. The van der Waals surface area contributed by atoms with E-state index in [1.165, 1.54) is 25.1 Å². The minimum absolute atomic E-state index is 0.157. The van der Waals surface area contributed by atoms with Crippen LogP contribution in [0.15, 0.2) is 42.5 Å². The van der Waals surface area contributed by atoms with Crippen LogP contribution in [0.25, 0.3) is 0 Å². The third-order valence-corrected chi connectivity index (χ3v) is 3.60. The molecule has 134 valence electrons. The molecule has 0 radical (unpaired) electrons. The number of hydrogen-bond acceptors (Lipinski definition) is 3. The van der Waals surface area contributed by atoms with Crippen LogP contribution < -0.4 is 10.1 Å². The van der Waals surface area contributed by atoms with Crippen molar-refractivity contribution in [2.45, 2.75) is 33.3 Å². The zero-order chi connectivity index (χ0) is 18.4. The standard InChI is InChI=1S/C20H24FNO3/c1-13(2)12-25-17-7-4-15(5-8-17)10-20(24)22-16-6-9-19(21)18(11-16)14(3)23/h4-9,11,13-14,23H,10,12H2,1-3H3,(H,22,24). The Kier molecular flexibility index (Phi) is 6.53. The molecule has 0 aliphatic rings. The Labute approximate surface area is 147 Å². The number of aliphatic hydroxyl groups is 1. The number of rotatable bonds is 7. The number of nitrogens with one attached hydrogen (secondary N) is 1. The Hall–Kier alpha value is -2.40. The number of aliphatic hydroxyl groups excluding tert-OH is 1. The Morgan fingerprint density at radius 3 is 2.44 bits per heavy atom. The highest BCUT2D eigenvalue weighted by molar-refractivity contribution is 5.92. The molecule has 0 bridgehead atoms. The molecule has 0 saturated carbocycles. The van der Waals surface area contributed by atoms with Crippen molar-refractivity contribution in [3.05, 3.63) is 59.4 Å². The van der Waals surface area contributed by atoms with Crippen molar-refractivity contribution in [2.24, 2.45) is 5.92 Å². The zero-order valence-corrected chi connectivity index (χ0v) is 14.8. The van der Waals surface area contributed by atoms with Crippen LogP contribution in [0.5, 0.6) is 5.75 Å². The van der Waals surface area contributed by atoms with Crippen LogP contribution in [-0.2, 0) is 11.2 Å². The molecule has 1 amide bonds. The van der Waals surface area contributed by atoms with Crippen molar-refractivity contribution in [3.8, 4) is 5.75 Å². The minimum atomic E-state index is -0.935. The van der Waals surface area contributed by atoms with Crippen LogP contribution in [0.1, 0.15) is 38.0 Å². The lowest BCUT2D eigenvalue weighted by Crippen LogP contribution is -2.15. The summed E-state index contributed by atoms with van der Waals surface area (Å²) < 4.78 is 19.2. The largest absolute Gasteiger partial charge is 0.493 e. The van der Waals surface area contributed by atoms with Gasteiger partial charge in [-0.2, -0.15) is 0 Å². The number of carbonyl (C=O) groups is 1. The van der Waals surface area contributed by atoms with E-state index in [1.807, 2.05) is 24.3 Å². The van der Waals surface area contributed by atoms with Crippen LogP contribution in [0.2, 0.25) is 0 Å². The Morgan fingerprint density at radius 1 is 1.16 bits per heavy atom. The molecule has 2 rings (SSSR count). The number of hydrogen-bond donors (Lipinski definition) is 2. The van der Waals surface area contributed by atoms with Crippen molar-refractivity contribution >= 4 is 11.6 Å². The lowest BCUT2D eigenvalue weighted by Gasteiger charge is -2.11. The highest BCUT2D eigenvalue weighted by Gasteiger charge is 2.11. The average molecular weight is 345 g/mol. The van der Waals surface area contributed by atoms with E-state index in [-0.39, 0.29) is 17.9 Å². The van der Waals surface area contributed by atoms with Gasteiger partial charge < -0.3 is 15.2 Å². The van der Waals surface area contributed by atoms with Gasteiger partial charge in [-0.25, -0.2) is 4.39 Å². The maximum Gasteiger partial charge on any atom is 0.228 e. The number of amides is 1. The second-order valence-corrected chi connectivity index (χ2v) is 6.49. The van der Waals surface area contributed by atoms with E-state index < -0.39 is 11.9 Å². The van der Waals surface area contributed by atoms with Crippen LogP contribution in [0, 0.1) is 11.7 Å². The average Bonchev–Trinajstić information content (AvgIpc) is 2.55. The molecule has 0 aromatic heterocycles.